The van der Waals surface area contributed by atoms with Crippen LogP contribution in [0.4, 0.5) is 0 Å². The summed E-state index contributed by atoms with van der Waals surface area (Å²) in [6.07, 6.45) is 7.25. The molecule has 1 aliphatic rings. The number of aliphatic hydroxyl groups is 1. The van der Waals surface area contributed by atoms with Crippen LogP contribution in [0.3, 0.4) is 0 Å². The van der Waals surface area contributed by atoms with Crippen LogP contribution >= 0.6 is 0 Å². The van der Waals surface area contributed by atoms with E-state index >= 15 is 0 Å². The lowest BCUT2D eigenvalue weighted by Gasteiger charge is -2.26. The van der Waals surface area contributed by atoms with Gasteiger partial charge in [-0.2, -0.15) is 0 Å². The highest BCUT2D eigenvalue weighted by Crippen LogP contribution is 2.18. The minimum atomic E-state index is -0.432. The summed E-state index contributed by atoms with van der Waals surface area (Å²) in [4.78, 5) is 16.0. The van der Waals surface area contributed by atoms with Crippen molar-refractivity contribution < 1.29 is 9.90 Å². The van der Waals surface area contributed by atoms with Crippen LogP contribution in [-0.4, -0.2) is 28.1 Å². The first kappa shape index (κ1) is 13.0. The lowest BCUT2D eigenvalue weighted by Crippen LogP contribution is -2.44. The molecule has 0 unspecified atom stereocenters. The van der Waals surface area contributed by atoms with Crippen LogP contribution in [0.2, 0.25) is 0 Å². The molecule has 4 nitrogen and oxygen atoms in total. The van der Waals surface area contributed by atoms with Crippen LogP contribution in [0.1, 0.15) is 49.0 Å². The van der Waals surface area contributed by atoms with E-state index in [-0.39, 0.29) is 11.9 Å². The average Bonchev–Trinajstić information content (AvgIpc) is 2.39. The molecule has 1 amide bonds. The number of rotatable bonds is 2. The first-order valence-electron chi connectivity index (χ1n) is 6.67. The Morgan fingerprint density at radius 2 is 2.00 bits per heavy atom. The molecule has 1 aliphatic carbocycles. The number of carbonyl (C=O) groups excluding carboxylic acids is 1. The van der Waals surface area contributed by atoms with Crippen molar-refractivity contribution in [1.82, 2.24) is 10.3 Å². The lowest BCUT2D eigenvalue weighted by atomic mass is 9.94. The molecule has 2 rings (SSSR count). The van der Waals surface area contributed by atoms with E-state index in [9.17, 15) is 9.90 Å². The van der Waals surface area contributed by atoms with Gasteiger partial charge in [0.05, 0.1) is 12.1 Å². The van der Waals surface area contributed by atoms with Gasteiger partial charge in [-0.05, 0) is 25.0 Å². The molecule has 1 fully saturated rings. The van der Waals surface area contributed by atoms with Crippen LogP contribution < -0.4 is 5.32 Å². The van der Waals surface area contributed by atoms with Gasteiger partial charge in [0.2, 0.25) is 0 Å². The van der Waals surface area contributed by atoms with E-state index in [0.29, 0.717) is 5.69 Å². The van der Waals surface area contributed by atoms with Crippen LogP contribution in [-0.2, 0) is 0 Å². The molecule has 2 N–H and O–H groups in total. The van der Waals surface area contributed by atoms with E-state index in [2.05, 4.69) is 10.3 Å². The van der Waals surface area contributed by atoms with E-state index in [4.69, 9.17) is 0 Å². The zero-order valence-electron chi connectivity index (χ0n) is 10.5. The highest BCUT2D eigenvalue weighted by atomic mass is 16.3. The van der Waals surface area contributed by atoms with Crippen LogP contribution in [0.25, 0.3) is 0 Å². The Hall–Kier alpha value is -1.42. The van der Waals surface area contributed by atoms with Gasteiger partial charge in [0.25, 0.3) is 5.91 Å². The van der Waals surface area contributed by atoms with Gasteiger partial charge in [0, 0.05) is 6.20 Å². The van der Waals surface area contributed by atoms with E-state index < -0.39 is 6.10 Å². The third-order valence-electron chi connectivity index (χ3n) is 3.44. The Kier molecular flexibility index (Phi) is 4.70. The molecule has 0 spiro atoms. The summed E-state index contributed by atoms with van der Waals surface area (Å²) in [5.74, 6) is -0.194. The second kappa shape index (κ2) is 6.50. The molecule has 98 valence electrons. The Bertz CT molecular complexity index is 381. The number of pyridine rings is 1. The Morgan fingerprint density at radius 3 is 2.72 bits per heavy atom. The van der Waals surface area contributed by atoms with Crippen molar-refractivity contribution in [3.8, 4) is 0 Å². The Morgan fingerprint density at radius 1 is 1.22 bits per heavy atom. The molecular formula is C14H20N2O2. The molecule has 1 heterocycles. The molecule has 0 bridgehead atoms. The Balaban J connectivity index is 1.96. The zero-order valence-corrected chi connectivity index (χ0v) is 10.5. The Labute approximate surface area is 107 Å². The maximum absolute atomic E-state index is 12.0. The SMILES string of the molecule is O=C(N[C@H]1CCCCCC[C@@H]1O)c1ccccn1. The van der Waals surface area contributed by atoms with Gasteiger partial charge in [0.1, 0.15) is 5.69 Å². The average molecular weight is 248 g/mol. The molecule has 18 heavy (non-hydrogen) atoms. The second-order valence-corrected chi connectivity index (χ2v) is 4.85. The summed E-state index contributed by atoms with van der Waals surface area (Å²) in [5, 5.41) is 12.9. The topological polar surface area (TPSA) is 62.2 Å². The summed E-state index contributed by atoms with van der Waals surface area (Å²) in [5.41, 5.74) is 0.409. The van der Waals surface area contributed by atoms with E-state index in [1.807, 2.05) is 0 Å². The third kappa shape index (κ3) is 3.53. The minimum absolute atomic E-state index is 0.139. The van der Waals surface area contributed by atoms with Crippen LogP contribution in [0.5, 0.6) is 0 Å². The van der Waals surface area contributed by atoms with Gasteiger partial charge < -0.3 is 10.4 Å². The molecule has 0 aliphatic heterocycles. The number of hydrogen-bond acceptors (Lipinski definition) is 3. The largest absolute Gasteiger partial charge is 0.391 e. The molecule has 0 radical (unpaired) electrons. The molecule has 1 aromatic heterocycles. The number of nitrogens with zero attached hydrogens (tertiary/aromatic N) is 1. The predicted octanol–water partition coefficient (Wildman–Crippen LogP) is 1.90. The first-order chi connectivity index (χ1) is 8.77. The van der Waals surface area contributed by atoms with Crippen molar-refractivity contribution in [2.45, 2.75) is 50.7 Å². The third-order valence-corrected chi connectivity index (χ3v) is 3.44. The molecule has 1 saturated carbocycles. The maximum Gasteiger partial charge on any atom is 0.270 e. The summed E-state index contributed by atoms with van der Waals surface area (Å²) in [6, 6.07) is 5.11. The van der Waals surface area contributed by atoms with Crippen molar-refractivity contribution in [1.29, 1.82) is 0 Å². The molecule has 4 heteroatoms. The number of hydrogen-bond donors (Lipinski definition) is 2. The number of nitrogens with one attached hydrogen (secondary N) is 1. The van der Waals surface area contributed by atoms with Gasteiger partial charge >= 0.3 is 0 Å². The fraction of sp³-hybridized carbons (Fsp3) is 0.571. The monoisotopic (exact) mass is 248 g/mol. The number of aliphatic hydroxyl groups excluding tert-OH is 1. The highest BCUT2D eigenvalue weighted by Gasteiger charge is 2.22. The zero-order chi connectivity index (χ0) is 12.8. The lowest BCUT2D eigenvalue weighted by molar-refractivity contribution is 0.0767. The number of carbonyl (C=O) groups is 1. The van der Waals surface area contributed by atoms with Gasteiger partial charge in [-0.1, -0.05) is 31.7 Å². The standard InChI is InChI=1S/C14H20N2O2/c17-13-9-4-2-1-3-7-11(13)16-14(18)12-8-5-6-10-15-12/h5-6,8,10-11,13,17H,1-4,7,9H2,(H,16,18)/t11-,13-/m0/s1. The van der Waals surface area contributed by atoms with Crippen molar-refractivity contribution in [2.75, 3.05) is 0 Å². The van der Waals surface area contributed by atoms with Crippen molar-refractivity contribution in [3.05, 3.63) is 30.1 Å². The van der Waals surface area contributed by atoms with Gasteiger partial charge in [0.15, 0.2) is 0 Å². The number of aromatic nitrogens is 1. The summed E-state index contributed by atoms with van der Waals surface area (Å²) in [7, 11) is 0. The molecular weight excluding hydrogens is 228 g/mol. The number of amides is 1. The van der Waals surface area contributed by atoms with Crippen LogP contribution in [0.15, 0.2) is 24.4 Å². The van der Waals surface area contributed by atoms with Gasteiger partial charge in [-0.3, -0.25) is 9.78 Å². The van der Waals surface area contributed by atoms with E-state index in [1.165, 1.54) is 12.8 Å². The molecule has 0 aromatic carbocycles. The van der Waals surface area contributed by atoms with E-state index in [1.54, 1.807) is 24.4 Å². The van der Waals surface area contributed by atoms with Crippen molar-refractivity contribution in [2.24, 2.45) is 0 Å². The first-order valence-corrected chi connectivity index (χ1v) is 6.67. The summed E-state index contributed by atoms with van der Waals surface area (Å²) < 4.78 is 0. The smallest absolute Gasteiger partial charge is 0.270 e. The maximum atomic E-state index is 12.0. The quantitative estimate of drug-likeness (QED) is 0.840. The van der Waals surface area contributed by atoms with Gasteiger partial charge in [-0.15, -0.1) is 0 Å². The second-order valence-electron chi connectivity index (χ2n) is 4.85. The van der Waals surface area contributed by atoms with E-state index in [0.717, 1.165) is 25.7 Å². The fourth-order valence-electron chi connectivity index (χ4n) is 2.37. The molecule has 1 aromatic rings. The minimum Gasteiger partial charge on any atom is -0.391 e. The van der Waals surface area contributed by atoms with Gasteiger partial charge in [-0.25, -0.2) is 0 Å². The summed E-state index contributed by atoms with van der Waals surface area (Å²) >= 11 is 0. The normalized spacial score (nSPS) is 24.9. The molecule has 2 atom stereocenters. The van der Waals surface area contributed by atoms with Crippen LogP contribution in [0, 0.1) is 0 Å². The van der Waals surface area contributed by atoms with Crippen molar-refractivity contribution in [3.63, 3.8) is 0 Å². The predicted molar refractivity (Wildman–Crippen MR) is 69.2 cm³/mol. The summed E-state index contributed by atoms with van der Waals surface area (Å²) in [6.45, 7) is 0. The highest BCUT2D eigenvalue weighted by molar-refractivity contribution is 5.92. The molecule has 0 saturated heterocycles. The fourth-order valence-corrected chi connectivity index (χ4v) is 2.37. The van der Waals surface area contributed by atoms with Crippen molar-refractivity contribution >= 4 is 5.91 Å².